The van der Waals surface area contributed by atoms with Gasteiger partial charge >= 0.3 is 12.4 Å². The van der Waals surface area contributed by atoms with Crippen LogP contribution < -0.4 is 21.1 Å². The molecule has 4 N–H and O–H groups in total. The Morgan fingerprint density at radius 2 is 1.59 bits per heavy atom. The van der Waals surface area contributed by atoms with Crippen molar-refractivity contribution in [2.75, 3.05) is 23.0 Å². The highest BCUT2D eigenvalue weighted by Crippen LogP contribution is 2.35. The Labute approximate surface area is 281 Å². The Balaban J connectivity index is 1.49. The number of carbonyl (C=O) groups is 2. The number of benzene rings is 1. The van der Waals surface area contributed by atoms with Crippen molar-refractivity contribution in [2.24, 2.45) is 7.05 Å². The van der Waals surface area contributed by atoms with Gasteiger partial charge in [0.05, 0.1) is 17.9 Å². The van der Waals surface area contributed by atoms with Crippen molar-refractivity contribution >= 4 is 29.1 Å². The van der Waals surface area contributed by atoms with Gasteiger partial charge in [0.1, 0.15) is 35.6 Å². The summed E-state index contributed by atoms with van der Waals surface area (Å²) < 4.78 is 117. The number of amides is 2. The molecule has 0 unspecified atom stereocenters. The zero-order valence-corrected chi connectivity index (χ0v) is 25.9. The molecule has 0 radical (unpaired) electrons. The lowest BCUT2D eigenvalue weighted by Crippen LogP contribution is -2.19. The Kier molecular flexibility index (Phi) is 9.79. The van der Waals surface area contributed by atoms with E-state index >= 15 is 0 Å². The van der Waals surface area contributed by atoms with E-state index in [0.29, 0.717) is 12.1 Å². The van der Waals surface area contributed by atoms with E-state index in [4.69, 9.17) is 10.5 Å². The van der Waals surface area contributed by atoms with E-state index in [0.717, 1.165) is 45.9 Å². The largest absolute Gasteiger partial charge is 0.489 e. The molecule has 4 aromatic heterocycles. The molecule has 0 fully saturated rings. The highest BCUT2D eigenvalue weighted by molar-refractivity contribution is 6.05. The first kappa shape index (κ1) is 36.0. The number of carbonyl (C=O) groups excluding carboxylic acids is 2. The smallest absolute Gasteiger partial charge is 0.435 e. The summed E-state index contributed by atoms with van der Waals surface area (Å²) >= 11 is 0. The number of aryl methyl sites for hydroxylation is 1. The molecule has 1 aromatic carbocycles. The van der Waals surface area contributed by atoms with Crippen LogP contribution in [0.5, 0.6) is 5.75 Å². The number of anilines is 3. The molecule has 0 aliphatic rings. The molecule has 5 aromatic rings. The third-order valence-corrected chi connectivity index (χ3v) is 7.00. The molecule has 266 valence electrons. The van der Waals surface area contributed by atoms with Gasteiger partial charge in [-0.3, -0.25) is 19.0 Å². The van der Waals surface area contributed by atoms with Crippen LogP contribution in [0.2, 0.25) is 0 Å². The van der Waals surface area contributed by atoms with E-state index in [1.165, 1.54) is 19.2 Å². The van der Waals surface area contributed by atoms with Gasteiger partial charge in [0, 0.05) is 24.4 Å². The zero-order chi connectivity index (χ0) is 37.2. The topological polar surface area (TPSA) is 155 Å². The Morgan fingerprint density at radius 3 is 2.20 bits per heavy atom. The maximum Gasteiger partial charge on any atom is 0.435 e. The minimum absolute atomic E-state index is 0.0121. The third-order valence-electron chi connectivity index (χ3n) is 7.00. The monoisotopic (exact) mass is 721 g/mol. The maximum absolute atomic E-state index is 14.3. The number of ether oxygens (including phenoxy) is 1. The number of para-hydroxylation sites is 1. The summed E-state index contributed by atoms with van der Waals surface area (Å²) in [6.45, 7) is 2.32. The van der Waals surface area contributed by atoms with E-state index in [2.05, 4.69) is 32.1 Å². The number of nitrogen functional groups attached to an aromatic ring is 1. The number of rotatable bonds is 10. The second-order valence-electron chi connectivity index (χ2n) is 10.5. The van der Waals surface area contributed by atoms with Crippen LogP contribution in [0.15, 0.2) is 67.4 Å². The summed E-state index contributed by atoms with van der Waals surface area (Å²) in [6, 6.07) is 7.86. The quantitative estimate of drug-likeness (QED) is 0.116. The average molecular weight is 722 g/mol. The number of alkyl halides is 6. The molecule has 5 rings (SSSR count). The molecule has 2 amide bonds. The van der Waals surface area contributed by atoms with Crippen LogP contribution in [-0.4, -0.2) is 48.0 Å². The summed E-state index contributed by atoms with van der Waals surface area (Å²) in [6.07, 6.45) is -7.74. The van der Waals surface area contributed by atoms with Gasteiger partial charge < -0.3 is 21.1 Å². The van der Waals surface area contributed by atoms with Crippen LogP contribution in [-0.2, 0) is 30.7 Å². The van der Waals surface area contributed by atoms with E-state index < -0.39 is 77.5 Å². The number of nitrogens with one attached hydrogen (secondary N) is 2. The minimum Gasteiger partial charge on any atom is -0.489 e. The normalized spacial score (nSPS) is 11.7. The number of nitrogens with two attached hydrogens (primary N) is 1. The molecule has 12 nitrogen and oxygen atoms in total. The molecule has 0 saturated carbocycles. The molecule has 20 heteroatoms. The van der Waals surface area contributed by atoms with Gasteiger partial charge in [0.25, 0.3) is 5.91 Å². The zero-order valence-electron chi connectivity index (χ0n) is 25.9. The molecular weight excluding hydrogens is 698 g/mol. The number of pyridine rings is 2. The fourth-order valence-corrected chi connectivity index (χ4v) is 4.65. The van der Waals surface area contributed by atoms with Crippen molar-refractivity contribution in [1.29, 1.82) is 0 Å². The second-order valence-corrected chi connectivity index (χ2v) is 10.5. The predicted octanol–water partition coefficient (Wildman–Crippen LogP) is 6.09. The van der Waals surface area contributed by atoms with Gasteiger partial charge in [-0.2, -0.15) is 36.5 Å². The fraction of sp³-hybridized carbons (Fsp3) is 0.161. The van der Waals surface area contributed by atoms with Gasteiger partial charge in [-0.1, -0.05) is 12.6 Å². The van der Waals surface area contributed by atoms with Crippen molar-refractivity contribution < 1.29 is 49.4 Å². The number of halogens is 8. The standard InChI is InChI=1S/C31H23F8N9O3/c1-3-25(49)42-24-8-7-16(28(40)43-24)20-13-23(31(37,38)39)46-48(20)9-10-51-21-11-15(19-12-22(30(34,35)36)45-47(19)2)14-41-27(21)29(50)44-26-17(32)5-4-6-18(26)33/h3-8,11-14H,1,9-10H2,2H3,(H,44,50)(H3,40,42,43,49). The summed E-state index contributed by atoms with van der Waals surface area (Å²) in [5.41, 5.74) is 1.70. The van der Waals surface area contributed by atoms with Crippen LogP contribution in [0.25, 0.3) is 22.5 Å². The molecule has 0 bridgehead atoms. The van der Waals surface area contributed by atoms with Crippen molar-refractivity contribution in [3.8, 4) is 28.3 Å². The molecule has 0 saturated heterocycles. The highest BCUT2D eigenvalue weighted by Gasteiger charge is 2.36. The summed E-state index contributed by atoms with van der Waals surface area (Å²) in [5.74, 6) is -4.80. The van der Waals surface area contributed by atoms with Gasteiger partial charge in [0.2, 0.25) is 5.91 Å². The number of aromatic nitrogens is 6. The van der Waals surface area contributed by atoms with E-state index in [1.807, 2.05) is 5.32 Å². The van der Waals surface area contributed by atoms with Crippen molar-refractivity contribution in [2.45, 2.75) is 18.9 Å². The summed E-state index contributed by atoms with van der Waals surface area (Å²) in [5, 5.41) is 11.4. The molecule has 0 atom stereocenters. The van der Waals surface area contributed by atoms with Crippen molar-refractivity contribution in [3.05, 3.63) is 96.1 Å². The van der Waals surface area contributed by atoms with Crippen LogP contribution in [0, 0.1) is 11.6 Å². The first-order valence-electron chi connectivity index (χ1n) is 14.3. The highest BCUT2D eigenvalue weighted by atomic mass is 19.4. The van der Waals surface area contributed by atoms with Gasteiger partial charge in [-0.15, -0.1) is 0 Å². The molecule has 0 aliphatic heterocycles. The Bertz CT molecular complexity index is 2120. The third kappa shape index (κ3) is 7.94. The van der Waals surface area contributed by atoms with Crippen LogP contribution >= 0.6 is 0 Å². The first-order chi connectivity index (χ1) is 24.0. The second kappa shape index (κ2) is 13.9. The van der Waals surface area contributed by atoms with Crippen LogP contribution in [0.1, 0.15) is 21.9 Å². The number of nitrogens with zero attached hydrogens (tertiary/aromatic N) is 6. The van der Waals surface area contributed by atoms with Gasteiger partial charge in [0.15, 0.2) is 22.8 Å². The molecule has 51 heavy (non-hydrogen) atoms. The lowest BCUT2D eigenvalue weighted by atomic mass is 10.1. The molecule has 0 spiro atoms. The predicted molar refractivity (Wildman–Crippen MR) is 165 cm³/mol. The maximum atomic E-state index is 14.3. The Morgan fingerprint density at radius 1 is 0.941 bits per heavy atom. The fourth-order valence-electron chi connectivity index (χ4n) is 4.65. The molecule has 0 aliphatic carbocycles. The lowest BCUT2D eigenvalue weighted by Gasteiger charge is -2.15. The van der Waals surface area contributed by atoms with Crippen LogP contribution in [0.4, 0.5) is 52.4 Å². The van der Waals surface area contributed by atoms with E-state index in [-0.39, 0.29) is 34.2 Å². The van der Waals surface area contributed by atoms with Gasteiger partial charge in [-0.25, -0.2) is 18.7 Å². The number of hydrogen-bond donors (Lipinski definition) is 3. The van der Waals surface area contributed by atoms with Crippen molar-refractivity contribution in [3.63, 3.8) is 0 Å². The number of hydrogen-bond acceptors (Lipinski definition) is 8. The first-order valence-corrected chi connectivity index (χ1v) is 14.3. The molecule has 4 heterocycles. The van der Waals surface area contributed by atoms with E-state index in [9.17, 15) is 44.7 Å². The minimum atomic E-state index is -4.90. The molecular formula is C31H23F8N9O3. The average Bonchev–Trinajstić information content (AvgIpc) is 3.67. The summed E-state index contributed by atoms with van der Waals surface area (Å²) in [4.78, 5) is 32.7. The van der Waals surface area contributed by atoms with Crippen LogP contribution in [0.3, 0.4) is 0 Å². The lowest BCUT2D eigenvalue weighted by molar-refractivity contribution is -0.142. The Hall–Kier alpha value is -6.34. The van der Waals surface area contributed by atoms with Gasteiger partial charge in [-0.05, 0) is 48.5 Å². The summed E-state index contributed by atoms with van der Waals surface area (Å²) in [7, 11) is 1.21. The van der Waals surface area contributed by atoms with E-state index in [1.54, 1.807) is 0 Å². The SMILES string of the molecule is C=CC(=O)Nc1ccc(-c2cc(C(F)(F)F)nn2CCOc2cc(-c3cc(C(F)(F)F)nn3C)cnc2C(=O)Nc2c(F)cccc2F)c(N)n1. The van der Waals surface area contributed by atoms with Crippen molar-refractivity contribution in [1.82, 2.24) is 29.5 Å².